The van der Waals surface area contributed by atoms with Crippen LogP contribution in [-0.2, 0) is 6.18 Å². The topological polar surface area (TPSA) is 61.0 Å². The Morgan fingerprint density at radius 2 is 1.93 bits per heavy atom. The molecule has 3 heterocycles. The van der Waals surface area contributed by atoms with Crippen LogP contribution in [0.1, 0.15) is 29.0 Å². The number of carbonyl (C=O) groups is 1. The number of hydrogen-bond acceptors (Lipinski definition) is 3. The minimum Gasteiger partial charge on any atom is -0.356 e. The molecule has 2 aromatic heterocycles. The Hall–Kier alpha value is -3.03. The summed E-state index contributed by atoms with van der Waals surface area (Å²) >= 11 is 0. The highest BCUT2D eigenvalue weighted by Crippen LogP contribution is 2.40. The third kappa shape index (κ3) is 3.40. The number of pyridine rings is 1. The Balaban J connectivity index is 1.29. The van der Waals surface area contributed by atoms with E-state index >= 15 is 0 Å². The van der Waals surface area contributed by atoms with Crippen molar-refractivity contribution in [2.24, 2.45) is 11.8 Å². The summed E-state index contributed by atoms with van der Waals surface area (Å²) in [4.78, 5) is 21.6. The summed E-state index contributed by atoms with van der Waals surface area (Å²) in [6, 6.07) is 13.6. The van der Waals surface area contributed by atoms with Gasteiger partial charge in [0.2, 0.25) is 0 Å². The summed E-state index contributed by atoms with van der Waals surface area (Å²) in [5, 5.41) is 4.12. The van der Waals surface area contributed by atoms with Gasteiger partial charge in [0.05, 0.1) is 0 Å². The van der Waals surface area contributed by atoms with Gasteiger partial charge in [-0.05, 0) is 43.0 Å². The smallest absolute Gasteiger partial charge is 0.356 e. The van der Waals surface area contributed by atoms with Crippen molar-refractivity contribution in [1.29, 1.82) is 0 Å². The molecular weight excluding hydrogens is 393 g/mol. The number of aromatic amines is 1. The van der Waals surface area contributed by atoms with Crippen LogP contribution in [0.3, 0.4) is 0 Å². The van der Waals surface area contributed by atoms with Crippen LogP contribution in [0.4, 0.5) is 19.0 Å². The van der Waals surface area contributed by atoms with Crippen LogP contribution in [0, 0.1) is 11.8 Å². The molecule has 0 spiro atoms. The van der Waals surface area contributed by atoms with Gasteiger partial charge in [-0.2, -0.15) is 13.2 Å². The molecule has 2 aliphatic rings. The van der Waals surface area contributed by atoms with Crippen molar-refractivity contribution in [2.45, 2.75) is 25.1 Å². The van der Waals surface area contributed by atoms with Crippen LogP contribution in [0.15, 0.2) is 48.5 Å². The lowest BCUT2D eigenvalue weighted by molar-refractivity contribution is -0.141. The predicted octanol–water partition coefficient (Wildman–Crippen LogP) is 4.23. The number of rotatable bonds is 3. The first kappa shape index (κ1) is 19.0. The van der Waals surface area contributed by atoms with Crippen LogP contribution in [-0.4, -0.2) is 35.0 Å². The Morgan fingerprint density at radius 1 is 1.10 bits per heavy atom. The quantitative estimate of drug-likeness (QED) is 0.675. The monoisotopic (exact) mass is 414 g/mol. The number of benzene rings is 1. The number of carbonyl (C=O) groups excluding carboxylic acids is 1. The van der Waals surface area contributed by atoms with Crippen molar-refractivity contribution in [3.63, 3.8) is 0 Å². The van der Waals surface area contributed by atoms with Crippen molar-refractivity contribution in [3.05, 3.63) is 59.9 Å². The average molecular weight is 414 g/mol. The maximum atomic E-state index is 13.0. The molecule has 3 atom stereocenters. The second-order valence-corrected chi connectivity index (χ2v) is 8.14. The first-order chi connectivity index (χ1) is 14.4. The summed E-state index contributed by atoms with van der Waals surface area (Å²) in [5.74, 6) is 0.747. The minimum absolute atomic E-state index is 0.00436. The van der Waals surface area contributed by atoms with Gasteiger partial charge in [0.15, 0.2) is 0 Å². The van der Waals surface area contributed by atoms with E-state index in [0.717, 1.165) is 29.8 Å². The van der Waals surface area contributed by atoms with Crippen molar-refractivity contribution >= 4 is 22.6 Å². The molecule has 1 saturated heterocycles. The number of nitrogens with one attached hydrogen (secondary N) is 2. The summed E-state index contributed by atoms with van der Waals surface area (Å²) in [6.45, 7) is 1.26. The standard InChI is InChI=1S/C22H21F3N4O/c23-22(24,25)19-6-3-7-20(28-19)29-11-14-8-9-17(15(14)12-29)27-21(30)18-10-13-4-1-2-5-16(13)26-18/h1-7,10,14-15,17,26H,8-9,11-12H2,(H,27,30)/t14-,15+,17+/m1/s1. The highest BCUT2D eigenvalue weighted by Gasteiger charge is 2.44. The summed E-state index contributed by atoms with van der Waals surface area (Å²) in [7, 11) is 0. The van der Waals surface area contributed by atoms with E-state index in [1.807, 2.05) is 35.2 Å². The maximum Gasteiger partial charge on any atom is 0.433 e. The van der Waals surface area contributed by atoms with Crippen molar-refractivity contribution in [3.8, 4) is 0 Å². The van der Waals surface area contributed by atoms with Gasteiger partial charge in [-0.15, -0.1) is 0 Å². The molecule has 1 saturated carbocycles. The zero-order chi connectivity index (χ0) is 20.9. The van der Waals surface area contributed by atoms with Crippen molar-refractivity contribution in [2.75, 3.05) is 18.0 Å². The van der Waals surface area contributed by atoms with E-state index in [4.69, 9.17) is 0 Å². The van der Waals surface area contributed by atoms with Gasteiger partial charge in [0.25, 0.3) is 5.91 Å². The number of alkyl halides is 3. The maximum absolute atomic E-state index is 13.0. The molecule has 2 fully saturated rings. The fourth-order valence-electron chi connectivity index (χ4n) is 4.83. The van der Waals surface area contributed by atoms with E-state index in [1.165, 1.54) is 6.07 Å². The Morgan fingerprint density at radius 3 is 2.73 bits per heavy atom. The van der Waals surface area contributed by atoms with E-state index in [9.17, 15) is 18.0 Å². The molecule has 1 aromatic carbocycles. The molecule has 8 heteroatoms. The SMILES string of the molecule is O=C(N[C@H]1CC[C@@H]2CN(c3cccc(C(F)(F)F)n3)C[C@@H]21)c1cc2ccccc2[nH]1. The second-order valence-electron chi connectivity index (χ2n) is 8.14. The van der Waals surface area contributed by atoms with E-state index in [1.54, 1.807) is 6.07 Å². The fourth-order valence-corrected chi connectivity index (χ4v) is 4.83. The summed E-state index contributed by atoms with van der Waals surface area (Å²) in [6.07, 6.45) is -2.63. The highest BCUT2D eigenvalue weighted by molar-refractivity contribution is 5.98. The summed E-state index contributed by atoms with van der Waals surface area (Å²) in [5.41, 5.74) is 0.560. The van der Waals surface area contributed by atoms with Crippen LogP contribution in [0.2, 0.25) is 0 Å². The van der Waals surface area contributed by atoms with Gasteiger partial charge < -0.3 is 15.2 Å². The molecule has 1 amide bonds. The van der Waals surface area contributed by atoms with E-state index < -0.39 is 11.9 Å². The number of hydrogen-bond donors (Lipinski definition) is 2. The minimum atomic E-state index is -4.46. The number of para-hydroxylation sites is 1. The predicted molar refractivity (Wildman–Crippen MR) is 107 cm³/mol. The molecule has 5 rings (SSSR count). The first-order valence-electron chi connectivity index (χ1n) is 10.1. The summed E-state index contributed by atoms with van der Waals surface area (Å²) < 4.78 is 39.0. The van der Waals surface area contributed by atoms with Crippen molar-refractivity contribution < 1.29 is 18.0 Å². The molecule has 0 radical (unpaired) electrons. The molecule has 1 aliphatic heterocycles. The van der Waals surface area contributed by atoms with Gasteiger partial charge in [-0.25, -0.2) is 4.98 Å². The second kappa shape index (κ2) is 7.04. The first-order valence-corrected chi connectivity index (χ1v) is 10.1. The number of halogens is 3. The Bertz CT molecular complexity index is 1060. The molecule has 156 valence electrons. The average Bonchev–Trinajstić information content (AvgIpc) is 3.42. The number of fused-ring (bicyclic) bond motifs is 2. The molecule has 2 N–H and O–H groups in total. The Kier molecular flexibility index (Phi) is 4.45. The number of amides is 1. The van der Waals surface area contributed by atoms with Crippen molar-refractivity contribution in [1.82, 2.24) is 15.3 Å². The molecule has 0 unspecified atom stereocenters. The lowest BCUT2D eigenvalue weighted by atomic mass is 9.98. The zero-order valence-corrected chi connectivity index (χ0v) is 16.1. The van der Waals surface area contributed by atoms with E-state index in [2.05, 4.69) is 15.3 Å². The van der Waals surface area contributed by atoms with Crippen LogP contribution >= 0.6 is 0 Å². The van der Waals surface area contributed by atoms with Crippen LogP contribution in [0.25, 0.3) is 10.9 Å². The lowest BCUT2D eigenvalue weighted by Crippen LogP contribution is -2.40. The molecule has 30 heavy (non-hydrogen) atoms. The molecule has 0 bridgehead atoms. The highest BCUT2D eigenvalue weighted by atomic mass is 19.4. The van der Waals surface area contributed by atoms with E-state index in [-0.39, 0.29) is 17.9 Å². The van der Waals surface area contributed by atoms with Crippen LogP contribution < -0.4 is 10.2 Å². The van der Waals surface area contributed by atoms with Gasteiger partial charge in [-0.1, -0.05) is 24.3 Å². The molecule has 3 aromatic rings. The number of nitrogens with zero attached hydrogens (tertiary/aromatic N) is 2. The van der Waals surface area contributed by atoms with Gasteiger partial charge in [-0.3, -0.25) is 4.79 Å². The zero-order valence-electron chi connectivity index (χ0n) is 16.1. The molecular formula is C22H21F3N4O. The van der Waals surface area contributed by atoms with Gasteiger partial charge in [0.1, 0.15) is 17.2 Å². The largest absolute Gasteiger partial charge is 0.433 e. The normalized spacial score (nSPS) is 23.7. The van der Waals surface area contributed by atoms with Crippen LogP contribution in [0.5, 0.6) is 0 Å². The third-order valence-electron chi connectivity index (χ3n) is 6.30. The number of anilines is 1. The molecule has 1 aliphatic carbocycles. The lowest BCUT2D eigenvalue weighted by Gasteiger charge is -2.22. The fraction of sp³-hybridized carbons (Fsp3) is 0.364. The number of aromatic nitrogens is 2. The van der Waals surface area contributed by atoms with Gasteiger partial charge >= 0.3 is 6.18 Å². The van der Waals surface area contributed by atoms with Gasteiger partial charge in [0, 0.05) is 36.0 Å². The number of H-pyrrole nitrogens is 1. The van der Waals surface area contributed by atoms with E-state index in [0.29, 0.717) is 30.5 Å². The Labute approximate surface area is 171 Å². The third-order valence-corrected chi connectivity index (χ3v) is 6.30. The molecule has 5 nitrogen and oxygen atoms in total.